The van der Waals surface area contributed by atoms with Crippen LogP contribution in [-0.2, 0) is 6.42 Å². The average molecular weight is 397 g/mol. The maximum Gasteiger partial charge on any atom is 0.286 e. The number of carbonyl (C=O) groups is 1. The largest absolute Gasteiger partial charge is 0.493 e. The second-order valence-corrected chi connectivity index (χ2v) is 6.21. The maximum absolute atomic E-state index is 12.7. The number of ether oxygens (including phenoxy) is 2. The molecule has 0 aliphatic heterocycles. The number of rotatable bonds is 6. The molecular weight excluding hydrogens is 378 g/mol. The highest BCUT2D eigenvalue weighted by Crippen LogP contribution is 2.35. The average Bonchev–Trinajstić information content (AvgIpc) is 2.71. The first kappa shape index (κ1) is 19.9. The van der Waals surface area contributed by atoms with Crippen molar-refractivity contribution in [2.75, 3.05) is 19.5 Å². The molecule has 150 valence electrons. The van der Waals surface area contributed by atoms with Crippen LogP contribution in [0.25, 0.3) is 10.9 Å². The molecule has 29 heavy (non-hydrogen) atoms. The fraction of sp³-hybridized carbons (Fsp3) is 0.200. The number of nitro benzene ring substituents is 1. The van der Waals surface area contributed by atoms with Gasteiger partial charge >= 0.3 is 0 Å². The molecule has 0 aliphatic carbocycles. The molecule has 9 nitrogen and oxygen atoms in total. The Balaban J connectivity index is 2.02. The van der Waals surface area contributed by atoms with Gasteiger partial charge in [0.25, 0.3) is 11.6 Å². The predicted octanol–water partition coefficient (Wildman–Crippen LogP) is 3.27. The number of hydrogen-bond donors (Lipinski definition) is 2. The lowest BCUT2D eigenvalue weighted by atomic mass is 10.1. The number of benzene rings is 2. The highest BCUT2D eigenvalue weighted by molar-refractivity contribution is 6.08. The summed E-state index contributed by atoms with van der Waals surface area (Å²) in [5, 5.41) is 14.9. The van der Waals surface area contributed by atoms with Gasteiger partial charge in [-0.1, -0.05) is 13.0 Å². The van der Waals surface area contributed by atoms with Crippen molar-refractivity contribution in [2.24, 2.45) is 0 Å². The molecule has 1 aromatic heterocycles. The number of pyridine rings is 1. The van der Waals surface area contributed by atoms with E-state index in [9.17, 15) is 19.7 Å². The van der Waals surface area contributed by atoms with Gasteiger partial charge in [-0.25, -0.2) is 0 Å². The predicted molar refractivity (Wildman–Crippen MR) is 108 cm³/mol. The summed E-state index contributed by atoms with van der Waals surface area (Å²) in [6.07, 6.45) is 0.684. The molecule has 0 spiro atoms. The van der Waals surface area contributed by atoms with Crippen LogP contribution in [0.15, 0.2) is 41.2 Å². The molecule has 3 rings (SSSR count). The summed E-state index contributed by atoms with van der Waals surface area (Å²) in [4.78, 5) is 38.1. The number of nitro groups is 1. The second-order valence-electron chi connectivity index (χ2n) is 6.21. The number of aromatic nitrogens is 1. The molecule has 0 unspecified atom stereocenters. The van der Waals surface area contributed by atoms with Crippen molar-refractivity contribution >= 4 is 28.2 Å². The highest BCUT2D eigenvalue weighted by atomic mass is 16.6. The smallest absolute Gasteiger partial charge is 0.286 e. The van der Waals surface area contributed by atoms with Gasteiger partial charge in [0.05, 0.1) is 30.7 Å². The van der Waals surface area contributed by atoms with E-state index in [1.54, 1.807) is 18.2 Å². The standard InChI is InChI=1S/C20H19N3O6/c1-4-11-7-19(24)22-15-8-12(5-6-13(11)15)21-20(25)14-9-17(28-2)18(29-3)10-16(14)23(26)27/h5-10H,4H2,1-3H3,(H,21,25)(H,22,24). The summed E-state index contributed by atoms with van der Waals surface area (Å²) in [5.41, 5.74) is 1.00. The van der Waals surface area contributed by atoms with E-state index in [1.165, 1.54) is 26.4 Å². The fourth-order valence-corrected chi connectivity index (χ4v) is 3.10. The van der Waals surface area contributed by atoms with E-state index < -0.39 is 16.5 Å². The number of carbonyl (C=O) groups excluding carboxylic acids is 1. The van der Waals surface area contributed by atoms with E-state index in [0.29, 0.717) is 17.6 Å². The minimum atomic E-state index is -0.689. The van der Waals surface area contributed by atoms with Crippen molar-refractivity contribution in [2.45, 2.75) is 13.3 Å². The van der Waals surface area contributed by atoms with Crippen molar-refractivity contribution in [3.63, 3.8) is 0 Å². The van der Waals surface area contributed by atoms with Gasteiger partial charge in [-0.15, -0.1) is 0 Å². The zero-order chi connectivity index (χ0) is 21.1. The third-order valence-electron chi connectivity index (χ3n) is 4.51. The zero-order valence-corrected chi connectivity index (χ0v) is 16.1. The van der Waals surface area contributed by atoms with Crippen LogP contribution in [0.2, 0.25) is 0 Å². The van der Waals surface area contributed by atoms with Crippen LogP contribution < -0.4 is 20.3 Å². The van der Waals surface area contributed by atoms with Gasteiger partial charge in [-0.3, -0.25) is 19.7 Å². The number of hydrogen-bond acceptors (Lipinski definition) is 6. The van der Waals surface area contributed by atoms with Crippen LogP contribution in [0.1, 0.15) is 22.8 Å². The Kier molecular flexibility index (Phi) is 5.49. The molecule has 9 heteroatoms. The first-order chi connectivity index (χ1) is 13.9. The van der Waals surface area contributed by atoms with E-state index in [-0.39, 0.29) is 22.6 Å². The Hall–Kier alpha value is -3.88. The van der Waals surface area contributed by atoms with Crippen LogP contribution in [0.3, 0.4) is 0 Å². The van der Waals surface area contributed by atoms with Crippen LogP contribution in [0.4, 0.5) is 11.4 Å². The maximum atomic E-state index is 12.7. The number of amides is 1. The Morgan fingerprint density at radius 2 is 1.83 bits per heavy atom. The van der Waals surface area contributed by atoms with Crippen LogP contribution in [-0.4, -0.2) is 30.0 Å². The van der Waals surface area contributed by atoms with Crippen molar-refractivity contribution in [1.29, 1.82) is 0 Å². The molecule has 0 radical (unpaired) electrons. The monoisotopic (exact) mass is 397 g/mol. The van der Waals surface area contributed by atoms with Crippen molar-refractivity contribution < 1.29 is 19.2 Å². The molecule has 1 heterocycles. The van der Waals surface area contributed by atoms with E-state index in [0.717, 1.165) is 17.0 Å². The molecule has 3 aromatic rings. The summed E-state index contributed by atoms with van der Waals surface area (Å²) < 4.78 is 10.2. The normalized spacial score (nSPS) is 10.6. The van der Waals surface area contributed by atoms with E-state index in [4.69, 9.17) is 9.47 Å². The van der Waals surface area contributed by atoms with Gasteiger partial charge in [-0.05, 0) is 24.1 Å². The molecule has 2 N–H and O–H groups in total. The summed E-state index contributed by atoms with van der Waals surface area (Å²) in [6, 6.07) is 8.99. The van der Waals surface area contributed by atoms with Gasteiger partial charge in [0.2, 0.25) is 5.56 Å². The van der Waals surface area contributed by atoms with Crippen molar-refractivity contribution in [3.8, 4) is 11.5 Å². The first-order valence-electron chi connectivity index (χ1n) is 8.75. The summed E-state index contributed by atoms with van der Waals surface area (Å²) in [5.74, 6) is -0.351. The molecule has 0 bridgehead atoms. The topological polar surface area (TPSA) is 124 Å². The van der Waals surface area contributed by atoms with Gasteiger partial charge in [0, 0.05) is 23.2 Å². The third kappa shape index (κ3) is 3.88. The number of anilines is 1. The lowest BCUT2D eigenvalue weighted by molar-refractivity contribution is -0.385. The number of H-pyrrole nitrogens is 1. The zero-order valence-electron chi connectivity index (χ0n) is 16.1. The number of fused-ring (bicyclic) bond motifs is 1. The van der Waals surface area contributed by atoms with Crippen molar-refractivity contribution in [3.05, 3.63) is 68.0 Å². The summed E-state index contributed by atoms with van der Waals surface area (Å²) in [6.45, 7) is 1.94. The fourth-order valence-electron chi connectivity index (χ4n) is 3.10. The molecular formula is C20H19N3O6. The van der Waals surface area contributed by atoms with Gasteiger partial charge in [0.15, 0.2) is 11.5 Å². The lowest BCUT2D eigenvalue weighted by Crippen LogP contribution is -2.15. The first-order valence-corrected chi connectivity index (χ1v) is 8.75. The van der Waals surface area contributed by atoms with Crippen molar-refractivity contribution in [1.82, 2.24) is 4.98 Å². The minimum absolute atomic E-state index is 0.145. The van der Waals surface area contributed by atoms with Crippen LogP contribution >= 0.6 is 0 Å². The Labute approximate surface area is 165 Å². The number of nitrogens with one attached hydrogen (secondary N) is 2. The number of nitrogens with zero attached hydrogens (tertiary/aromatic N) is 1. The van der Waals surface area contributed by atoms with Crippen LogP contribution in [0, 0.1) is 10.1 Å². The Morgan fingerprint density at radius 3 is 2.45 bits per heavy atom. The third-order valence-corrected chi connectivity index (χ3v) is 4.51. The number of aryl methyl sites for hydroxylation is 1. The molecule has 0 saturated carbocycles. The minimum Gasteiger partial charge on any atom is -0.493 e. The van der Waals surface area contributed by atoms with Crippen LogP contribution in [0.5, 0.6) is 11.5 Å². The lowest BCUT2D eigenvalue weighted by Gasteiger charge is -2.11. The molecule has 2 aromatic carbocycles. The molecule has 0 atom stereocenters. The Morgan fingerprint density at radius 1 is 1.14 bits per heavy atom. The van der Waals surface area contributed by atoms with E-state index in [2.05, 4.69) is 10.3 Å². The SMILES string of the molecule is CCc1cc(=O)[nH]c2cc(NC(=O)c3cc(OC)c(OC)cc3[N+](=O)[O-])ccc12. The van der Waals surface area contributed by atoms with Gasteiger partial charge in [-0.2, -0.15) is 0 Å². The van der Waals surface area contributed by atoms with E-state index >= 15 is 0 Å². The Bertz CT molecular complexity index is 1170. The quantitative estimate of drug-likeness (QED) is 0.486. The highest BCUT2D eigenvalue weighted by Gasteiger charge is 2.24. The molecule has 0 saturated heterocycles. The molecule has 0 fully saturated rings. The summed E-state index contributed by atoms with van der Waals surface area (Å²) in [7, 11) is 2.72. The van der Waals surface area contributed by atoms with Gasteiger partial charge < -0.3 is 19.8 Å². The second kappa shape index (κ2) is 8.01. The number of methoxy groups -OCH3 is 2. The number of aromatic amines is 1. The molecule has 1 amide bonds. The van der Waals surface area contributed by atoms with Gasteiger partial charge in [0.1, 0.15) is 5.56 Å². The van der Waals surface area contributed by atoms with E-state index in [1.807, 2.05) is 6.92 Å². The summed E-state index contributed by atoms with van der Waals surface area (Å²) >= 11 is 0. The molecule has 0 aliphatic rings.